The maximum absolute atomic E-state index is 12.0. The van der Waals surface area contributed by atoms with E-state index in [2.05, 4.69) is 16.7 Å². The Kier molecular flexibility index (Phi) is 5.30. The Balaban J connectivity index is 2.16. The molecular weight excluding hydrogens is 270 g/mol. The van der Waals surface area contributed by atoms with Gasteiger partial charge in [0.05, 0.1) is 13.2 Å². The fourth-order valence-corrected chi connectivity index (χ4v) is 2.43. The summed E-state index contributed by atoms with van der Waals surface area (Å²) in [6.07, 6.45) is 1.61. The first-order chi connectivity index (χ1) is 10.2. The zero-order chi connectivity index (χ0) is 15.2. The molecule has 0 fully saturated rings. The number of benzene rings is 1. The van der Waals surface area contributed by atoms with Crippen LogP contribution in [0.2, 0.25) is 0 Å². The molecule has 0 spiro atoms. The molecule has 1 unspecified atom stereocenters. The van der Waals surface area contributed by atoms with Gasteiger partial charge in [-0.05, 0) is 29.7 Å². The van der Waals surface area contributed by atoms with Gasteiger partial charge in [0, 0.05) is 26.2 Å². The van der Waals surface area contributed by atoms with Gasteiger partial charge in [0.25, 0.3) is 0 Å². The molecule has 1 amide bonds. The normalized spacial score (nSPS) is 15.9. The highest BCUT2D eigenvalue weighted by atomic mass is 16.7. The van der Waals surface area contributed by atoms with Crippen LogP contribution in [-0.2, 0) is 27.6 Å². The summed E-state index contributed by atoms with van der Waals surface area (Å²) in [4.78, 5) is 28.3. The zero-order valence-corrected chi connectivity index (χ0v) is 12.4. The lowest BCUT2D eigenvalue weighted by atomic mass is 10.0. The summed E-state index contributed by atoms with van der Waals surface area (Å²) in [7, 11) is 3.46. The van der Waals surface area contributed by atoms with Gasteiger partial charge in [0.15, 0.2) is 0 Å². The van der Waals surface area contributed by atoms with Crippen molar-refractivity contribution in [3.05, 3.63) is 29.3 Å². The van der Waals surface area contributed by atoms with Crippen LogP contribution >= 0.6 is 0 Å². The number of hydrogen-bond donors (Lipinski definition) is 2. The highest BCUT2D eigenvalue weighted by Crippen LogP contribution is 2.25. The number of hydrogen-bond acceptors (Lipinski definition) is 5. The smallest absolute Gasteiger partial charge is 0.239 e. The van der Waals surface area contributed by atoms with Gasteiger partial charge in [0.2, 0.25) is 5.91 Å². The first kappa shape index (κ1) is 15.5. The van der Waals surface area contributed by atoms with E-state index in [0.717, 1.165) is 23.1 Å². The summed E-state index contributed by atoms with van der Waals surface area (Å²) in [6.45, 7) is 0.968. The minimum absolute atomic E-state index is 0.134. The summed E-state index contributed by atoms with van der Waals surface area (Å²) in [5, 5.41) is 7.40. The lowest BCUT2D eigenvalue weighted by Crippen LogP contribution is -2.46. The minimum atomic E-state index is -0.452. The average Bonchev–Trinajstić information content (AvgIpc) is 2.54. The van der Waals surface area contributed by atoms with Crippen LogP contribution in [-0.4, -0.2) is 37.4 Å². The number of carbonyl (C=O) groups is 2. The van der Waals surface area contributed by atoms with Crippen LogP contribution in [0, 0.1) is 0 Å². The molecule has 1 heterocycles. The van der Waals surface area contributed by atoms with Gasteiger partial charge in [-0.25, -0.2) is 0 Å². The predicted molar refractivity (Wildman–Crippen MR) is 79.5 cm³/mol. The van der Waals surface area contributed by atoms with Gasteiger partial charge in [-0.2, -0.15) is 5.06 Å². The molecule has 0 radical (unpaired) electrons. The minimum Gasteiger partial charge on any atom is -0.388 e. The lowest BCUT2D eigenvalue weighted by Gasteiger charge is -2.33. The molecule has 0 aromatic heterocycles. The number of likely N-dealkylation sites (N-methyl/N-ethyl adjacent to an activating group) is 1. The highest BCUT2D eigenvalue weighted by Gasteiger charge is 2.29. The third-order valence-corrected chi connectivity index (χ3v) is 3.66. The monoisotopic (exact) mass is 291 g/mol. The van der Waals surface area contributed by atoms with Crippen LogP contribution in [0.5, 0.6) is 0 Å². The van der Waals surface area contributed by atoms with Gasteiger partial charge in [-0.15, -0.1) is 0 Å². The average molecular weight is 291 g/mol. The summed E-state index contributed by atoms with van der Waals surface area (Å²) < 4.78 is 0. The standard InChI is InChI=1S/C15H21N3O3/c1-16-13-6-5-11-10-21-18(9-12(11)8-13)14(4-3-7-19)15(20)17-2/h5-8,14,16H,3-4,9-10H2,1-2H3,(H,17,20). The van der Waals surface area contributed by atoms with Crippen LogP contribution in [0.15, 0.2) is 18.2 Å². The zero-order valence-electron chi connectivity index (χ0n) is 12.4. The Hall–Kier alpha value is -1.92. The van der Waals surface area contributed by atoms with Crippen LogP contribution in [0.1, 0.15) is 24.0 Å². The van der Waals surface area contributed by atoms with Gasteiger partial charge >= 0.3 is 0 Å². The summed E-state index contributed by atoms with van der Waals surface area (Å²) in [5.74, 6) is -0.134. The number of nitrogens with zero attached hydrogens (tertiary/aromatic N) is 1. The van der Waals surface area contributed by atoms with E-state index < -0.39 is 6.04 Å². The maximum Gasteiger partial charge on any atom is 0.239 e. The Bertz CT molecular complexity index is 519. The van der Waals surface area contributed by atoms with Crippen molar-refractivity contribution in [2.45, 2.75) is 32.0 Å². The molecule has 0 saturated carbocycles. The molecule has 0 aliphatic carbocycles. The molecule has 114 valence electrons. The first-order valence-electron chi connectivity index (χ1n) is 7.04. The van der Waals surface area contributed by atoms with E-state index >= 15 is 0 Å². The fraction of sp³-hybridized carbons (Fsp3) is 0.467. The van der Waals surface area contributed by atoms with E-state index in [1.807, 2.05) is 19.2 Å². The SMILES string of the molecule is CNC(=O)C(CCC=O)N1Cc2cc(NC)ccc2CO1. The molecule has 21 heavy (non-hydrogen) atoms. The van der Waals surface area contributed by atoms with Gasteiger partial charge < -0.3 is 15.4 Å². The topological polar surface area (TPSA) is 70.7 Å². The van der Waals surface area contributed by atoms with Crippen molar-refractivity contribution in [3.8, 4) is 0 Å². The van der Waals surface area contributed by atoms with Gasteiger partial charge in [-0.1, -0.05) is 6.07 Å². The largest absolute Gasteiger partial charge is 0.388 e. The van der Waals surface area contributed by atoms with Crippen molar-refractivity contribution in [2.24, 2.45) is 0 Å². The Morgan fingerprint density at radius 3 is 2.90 bits per heavy atom. The summed E-state index contributed by atoms with van der Waals surface area (Å²) in [6, 6.07) is 5.64. The number of hydroxylamine groups is 2. The lowest BCUT2D eigenvalue weighted by molar-refractivity contribution is -0.214. The van der Waals surface area contributed by atoms with E-state index in [-0.39, 0.29) is 5.91 Å². The number of fused-ring (bicyclic) bond motifs is 1. The van der Waals surface area contributed by atoms with E-state index in [0.29, 0.717) is 26.0 Å². The molecule has 1 aromatic rings. The second-order valence-corrected chi connectivity index (χ2v) is 4.96. The number of carbonyl (C=O) groups excluding carboxylic acids is 2. The molecule has 2 N–H and O–H groups in total. The summed E-state index contributed by atoms with van der Waals surface area (Å²) in [5.41, 5.74) is 3.28. The van der Waals surface area contributed by atoms with Gasteiger partial charge in [-0.3, -0.25) is 9.63 Å². The Labute approximate surface area is 124 Å². The first-order valence-corrected chi connectivity index (χ1v) is 7.04. The van der Waals surface area contributed by atoms with Crippen molar-refractivity contribution in [1.82, 2.24) is 10.4 Å². The number of anilines is 1. The van der Waals surface area contributed by atoms with E-state index in [9.17, 15) is 9.59 Å². The number of amides is 1. The molecule has 1 aliphatic rings. The molecule has 2 rings (SSSR count). The van der Waals surface area contributed by atoms with Gasteiger partial charge in [0.1, 0.15) is 12.3 Å². The third-order valence-electron chi connectivity index (χ3n) is 3.66. The fourth-order valence-electron chi connectivity index (χ4n) is 2.43. The molecule has 1 atom stereocenters. The number of rotatable bonds is 6. The number of nitrogens with one attached hydrogen (secondary N) is 2. The van der Waals surface area contributed by atoms with Crippen molar-refractivity contribution in [2.75, 3.05) is 19.4 Å². The summed E-state index contributed by atoms with van der Waals surface area (Å²) >= 11 is 0. The van der Waals surface area contributed by atoms with Crippen LogP contribution in [0.25, 0.3) is 0 Å². The van der Waals surface area contributed by atoms with E-state index in [4.69, 9.17) is 4.84 Å². The molecule has 6 heteroatoms. The van der Waals surface area contributed by atoms with E-state index in [1.54, 1.807) is 12.1 Å². The van der Waals surface area contributed by atoms with Crippen molar-refractivity contribution in [1.29, 1.82) is 0 Å². The van der Waals surface area contributed by atoms with Crippen LogP contribution in [0.4, 0.5) is 5.69 Å². The third kappa shape index (κ3) is 3.59. The van der Waals surface area contributed by atoms with Crippen molar-refractivity contribution >= 4 is 17.9 Å². The van der Waals surface area contributed by atoms with Crippen molar-refractivity contribution in [3.63, 3.8) is 0 Å². The van der Waals surface area contributed by atoms with Crippen LogP contribution < -0.4 is 10.6 Å². The van der Waals surface area contributed by atoms with E-state index in [1.165, 1.54) is 0 Å². The molecule has 6 nitrogen and oxygen atoms in total. The molecule has 1 aliphatic heterocycles. The van der Waals surface area contributed by atoms with Crippen molar-refractivity contribution < 1.29 is 14.4 Å². The molecular formula is C15H21N3O3. The second kappa shape index (κ2) is 7.19. The Morgan fingerprint density at radius 1 is 1.43 bits per heavy atom. The molecule has 0 saturated heterocycles. The molecule has 1 aromatic carbocycles. The van der Waals surface area contributed by atoms with Crippen LogP contribution in [0.3, 0.4) is 0 Å². The highest BCUT2D eigenvalue weighted by molar-refractivity contribution is 5.81. The number of aldehydes is 1. The second-order valence-electron chi connectivity index (χ2n) is 4.96. The maximum atomic E-state index is 12.0. The Morgan fingerprint density at radius 2 is 2.24 bits per heavy atom. The predicted octanol–water partition coefficient (Wildman–Crippen LogP) is 1.07. The quantitative estimate of drug-likeness (QED) is 0.767. The molecule has 0 bridgehead atoms.